The van der Waals surface area contributed by atoms with Gasteiger partial charge in [-0.2, -0.15) is 0 Å². The molecule has 5 aliphatic heterocycles. The average Bonchev–Trinajstić information content (AvgIpc) is 4.09. The van der Waals surface area contributed by atoms with E-state index >= 15 is 0 Å². The first-order chi connectivity index (χ1) is 30.4. The molecule has 0 saturated carbocycles. The lowest BCUT2D eigenvalue weighted by Gasteiger charge is -2.57. The van der Waals surface area contributed by atoms with E-state index in [0.717, 1.165) is 11.3 Å². The largest absolute Gasteiger partial charge is 0.412 e. The first-order valence-corrected chi connectivity index (χ1v) is 24.1. The molecule has 8 rings (SSSR count). The number of nitrogens with zero attached hydrogens (tertiary/aromatic N) is 5. The number of nitrogens with two attached hydrogens (primary N) is 4. The van der Waals surface area contributed by atoms with Gasteiger partial charge in [0, 0.05) is 59.5 Å². The number of carbonyl (C=O) groups excluding carboxylic acids is 6. The zero-order valence-electron chi connectivity index (χ0n) is 38.5. The minimum Gasteiger partial charge on any atom is -0.375 e. The molecule has 3 saturated heterocycles. The number of likely N-dealkylation sites (tertiary alicyclic amines) is 2. The molecule has 6 unspecified atom stereocenters. The van der Waals surface area contributed by atoms with Crippen molar-refractivity contribution in [1.82, 2.24) is 19.8 Å². The Kier molecular flexibility index (Phi) is 11.1. The summed E-state index contributed by atoms with van der Waals surface area (Å²) in [6.45, 7) is 18.5. The number of anilines is 1. The fourth-order valence-corrected chi connectivity index (χ4v) is 15.5. The maximum Gasteiger partial charge on any atom is 0.412 e. The Morgan fingerprint density at radius 1 is 0.692 bits per heavy atom. The van der Waals surface area contributed by atoms with E-state index in [-0.39, 0.29) is 24.4 Å². The van der Waals surface area contributed by atoms with Gasteiger partial charge < -0.3 is 37.3 Å². The van der Waals surface area contributed by atoms with E-state index in [1.807, 2.05) is 34.4 Å². The molecule has 19 heteroatoms. The molecule has 5 aliphatic rings. The molecule has 1 aromatic carbocycles. The van der Waals surface area contributed by atoms with E-state index < -0.39 is 93.3 Å². The molecule has 11 atom stereocenters. The van der Waals surface area contributed by atoms with Crippen molar-refractivity contribution in [3.05, 3.63) is 62.0 Å². The lowest BCUT2D eigenvalue weighted by Crippen LogP contribution is -2.78. The van der Waals surface area contributed by atoms with Gasteiger partial charge in [0.1, 0.15) is 10.0 Å². The number of primary amides is 4. The van der Waals surface area contributed by atoms with Crippen LogP contribution in [0, 0.1) is 5.92 Å². The van der Waals surface area contributed by atoms with Crippen molar-refractivity contribution >= 4 is 64.3 Å². The van der Waals surface area contributed by atoms with E-state index in [2.05, 4.69) is 63.8 Å². The van der Waals surface area contributed by atoms with Crippen LogP contribution >= 0.6 is 22.7 Å². The Bertz CT molecular complexity index is 2470. The number of esters is 2. The second kappa shape index (κ2) is 15.6. The normalized spacial score (nSPS) is 32.8. The zero-order valence-corrected chi connectivity index (χ0v) is 40.1. The van der Waals surface area contributed by atoms with Gasteiger partial charge in [0.15, 0.2) is 0 Å². The average molecular weight is 932 g/mol. The van der Waals surface area contributed by atoms with Crippen molar-refractivity contribution in [2.75, 3.05) is 18.0 Å². The summed E-state index contributed by atoms with van der Waals surface area (Å²) < 4.78 is 10.5. The van der Waals surface area contributed by atoms with Crippen molar-refractivity contribution in [2.45, 2.75) is 157 Å². The number of ether oxygens (including phenoxy) is 2. The first kappa shape index (κ1) is 46.5. The Morgan fingerprint density at radius 3 is 1.58 bits per heavy atom. The molecule has 350 valence electrons. The number of aromatic nitrogens is 2. The van der Waals surface area contributed by atoms with E-state index in [1.165, 1.54) is 22.7 Å². The highest BCUT2D eigenvalue weighted by molar-refractivity contribution is 7.10. The molecule has 0 radical (unpaired) electrons. The standard InChI is InChI=1S/C46H61N9O8S2/c1-23-20-31(30-12-10-18-53(30)45(33(47)56,37(58)62-39(49)60)42(7)24(2)28-21-64-35(42)51-28)55(27-16-14-26(15-17-27)41(4,5)6)44(23,9)32-13-11-19-54(32)46(34(48)57,38(59)63-40(50)61)43(8)25(3)29-22-65-36(43)52-29/h14-17,21-25,30-32H,10-13,18-20H2,1-9H3,(H2,47,56)(H2,48,57)(H2,49,60)(H2,50,61)/t23?,24?,25?,30?,31?,32?,42-,43-,44-,45+,46+/m1/s1. The molecule has 0 spiro atoms. The second-order valence-electron chi connectivity index (χ2n) is 20.4. The van der Waals surface area contributed by atoms with Crippen LogP contribution in [0.2, 0.25) is 0 Å². The number of hydrogen-bond donors (Lipinski definition) is 4. The number of amides is 4. The minimum absolute atomic E-state index is 0.181. The monoisotopic (exact) mass is 931 g/mol. The van der Waals surface area contributed by atoms with Gasteiger partial charge in [-0.05, 0) is 81.9 Å². The predicted molar refractivity (Wildman–Crippen MR) is 244 cm³/mol. The molecule has 3 fully saturated rings. The van der Waals surface area contributed by atoms with Crippen LogP contribution in [0.25, 0.3) is 0 Å². The zero-order chi connectivity index (χ0) is 47.6. The summed E-state index contributed by atoms with van der Waals surface area (Å²) in [6, 6.07) is 6.75. The Labute approximate surface area is 386 Å². The van der Waals surface area contributed by atoms with Crippen molar-refractivity contribution in [3.8, 4) is 0 Å². The molecule has 0 aliphatic carbocycles. The third-order valence-electron chi connectivity index (χ3n) is 16.7. The number of carbonyl (C=O) groups is 6. The number of fused-ring (bicyclic) bond motifs is 4. The first-order valence-electron chi connectivity index (χ1n) is 22.4. The summed E-state index contributed by atoms with van der Waals surface area (Å²) in [5, 5.41) is 4.80. The third-order valence-corrected chi connectivity index (χ3v) is 18.9. The molecular weight excluding hydrogens is 871 g/mol. The van der Waals surface area contributed by atoms with Crippen LogP contribution in [0.3, 0.4) is 0 Å². The summed E-state index contributed by atoms with van der Waals surface area (Å²) in [4.78, 5) is 99.7. The van der Waals surface area contributed by atoms with Gasteiger partial charge in [0.25, 0.3) is 11.8 Å². The molecule has 2 aromatic heterocycles. The summed E-state index contributed by atoms with van der Waals surface area (Å²) >= 11 is 2.63. The molecule has 8 N–H and O–H groups in total. The highest BCUT2D eigenvalue weighted by Crippen LogP contribution is 2.61. The quantitative estimate of drug-likeness (QED) is 0.151. The van der Waals surface area contributed by atoms with Gasteiger partial charge in [0.05, 0.1) is 27.8 Å². The van der Waals surface area contributed by atoms with Crippen LogP contribution in [0.5, 0.6) is 0 Å². The fraction of sp³-hybridized carbons (Fsp3) is 0.609. The van der Waals surface area contributed by atoms with Crippen LogP contribution in [0.1, 0.15) is 133 Å². The van der Waals surface area contributed by atoms with E-state index in [0.29, 0.717) is 53.5 Å². The minimum atomic E-state index is -2.24. The fourth-order valence-electron chi connectivity index (χ4n) is 13.0. The molecule has 7 heterocycles. The third kappa shape index (κ3) is 6.12. The van der Waals surface area contributed by atoms with Crippen LogP contribution in [-0.2, 0) is 44.9 Å². The Hall–Kier alpha value is -4.98. The lowest BCUT2D eigenvalue weighted by molar-refractivity contribution is -0.168. The van der Waals surface area contributed by atoms with Gasteiger partial charge in [-0.15, -0.1) is 22.7 Å². The van der Waals surface area contributed by atoms with E-state index in [1.54, 1.807) is 13.8 Å². The summed E-state index contributed by atoms with van der Waals surface area (Å²) in [6.07, 6.45) is -0.0248. The Balaban J connectivity index is 1.33. The van der Waals surface area contributed by atoms with E-state index in [9.17, 15) is 28.8 Å². The van der Waals surface area contributed by atoms with E-state index in [4.69, 9.17) is 42.4 Å². The van der Waals surface area contributed by atoms with Crippen LogP contribution in [0.15, 0.2) is 35.0 Å². The highest BCUT2D eigenvalue weighted by Gasteiger charge is 2.75. The molecule has 4 amide bonds. The van der Waals surface area contributed by atoms with Gasteiger partial charge in [-0.25, -0.2) is 29.1 Å². The predicted octanol–water partition coefficient (Wildman–Crippen LogP) is 4.64. The van der Waals surface area contributed by atoms with Gasteiger partial charge >= 0.3 is 24.1 Å². The van der Waals surface area contributed by atoms with Crippen molar-refractivity contribution < 1.29 is 38.2 Å². The molecule has 4 bridgehead atoms. The summed E-state index contributed by atoms with van der Waals surface area (Å²) in [7, 11) is 0. The SMILES string of the molecule is CC1CC(C2CCCN2[C@@](C(N)=O)(C(=O)OC(N)=O)[C@@]2(C)c3nc(cs3)C2C)N(c2ccc(C(C)(C)C)cc2)[C@@]1(C)C1CCCN1[C@@](C(N)=O)(C(=O)OC(N)=O)[C@@]1(C)c2nc(cs2)C1C. The van der Waals surface area contributed by atoms with Crippen molar-refractivity contribution in [3.63, 3.8) is 0 Å². The second-order valence-corrected chi connectivity index (χ2v) is 22.1. The molecular formula is C46H61N9O8S2. The summed E-state index contributed by atoms with van der Waals surface area (Å²) in [5.41, 5.74) is 19.2. The van der Waals surface area contributed by atoms with Crippen molar-refractivity contribution in [1.29, 1.82) is 0 Å². The number of hydrogen-bond acceptors (Lipinski definition) is 15. The smallest absolute Gasteiger partial charge is 0.375 e. The number of rotatable bonds is 11. The topological polar surface area (TPSA) is 260 Å². The summed E-state index contributed by atoms with van der Waals surface area (Å²) in [5.74, 6) is -5.42. The molecule has 65 heavy (non-hydrogen) atoms. The van der Waals surface area contributed by atoms with Gasteiger partial charge in [-0.3, -0.25) is 19.4 Å². The van der Waals surface area contributed by atoms with Gasteiger partial charge in [-0.1, -0.05) is 53.7 Å². The number of benzene rings is 1. The van der Waals surface area contributed by atoms with Crippen LogP contribution in [-0.4, -0.2) is 104 Å². The lowest BCUT2D eigenvalue weighted by atomic mass is 9.62. The highest BCUT2D eigenvalue weighted by atomic mass is 32.1. The molecule has 17 nitrogen and oxygen atoms in total. The Morgan fingerprint density at radius 2 is 1.15 bits per heavy atom. The maximum atomic E-state index is 14.9. The van der Waals surface area contributed by atoms with Crippen LogP contribution in [0.4, 0.5) is 15.3 Å². The maximum absolute atomic E-state index is 14.9. The van der Waals surface area contributed by atoms with Crippen molar-refractivity contribution in [2.24, 2.45) is 28.9 Å². The van der Waals surface area contributed by atoms with Crippen LogP contribution < -0.4 is 27.8 Å². The number of thiazole rings is 2. The molecule has 3 aromatic rings. The van der Waals surface area contributed by atoms with Gasteiger partial charge in [0.2, 0.25) is 11.1 Å².